The predicted octanol–water partition coefficient (Wildman–Crippen LogP) is 20.6. The minimum absolute atomic E-state index is 0.00145. The molecule has 3 unspecified atom stereocenters. The third-order valence-corrected chi connectivity index (χ3v) is 16.6. The van der Waals surface area contributed by atoms with E-state index >= 15 is 0 Å². The van der Waals surface area contributed by atoms with Gasteiger partial charge in [0, 0.05) is 6.42 Å². The quantitative estimate of drug-likeness (QED) is 0.0272. The highest BCUT2D eigenvalue weighted by atomic mass is 31.2. The summed E-state index contributed by atoms with van der Waals surface area (Å²) in [4.78, 5) is 25.5. The van der Waals surface area contributed by atoms with Crippen LogP contribution in [0.25, 0.3) is 0 Å². The SMILES string of the molecule is CCCCCCC/C=C\C/C=C\CCCCCCCCCCCCCCCCCCCCCCCCCCCCCCCC(=O)NC(COP(=O)([O-])OCC[N+](C)(C)C)C(O)/C=C/CCCCCCCCCCCCCC. The van der Waals surface area contributed by atoms with E-state index in [9.17, 15) is 19.4 Å². The van der Waals surface area contributed by atoms with E-state index in [-0.39, 0.29) is 19.1 Å². The van der Waals surface area contributed by atoms with Gasteiger partial charge in [-0.05, 0) is 51.4 Å². The number of rotatable bonds is 63. The maximum absolute atomic E-state index is 13.0. The molecule has 0 aromatic rings. The van der Waals surface area contributed by atoms with Gasteiger partial charge in [0.2, 0.25) is 5.91 Å². The van der Waals surface area contributed by atoms with Crippen molar-refractivity contribution in [1.29, 1.82) is 0 Å². The molecule has 0 radical (unpaired) electrons. The zero-order valence-electron chi connectivity index (χ0n) is 52.2. The fourth-order valence-electron chi connectivity index (χ4n) is 10.3. The highest BCUT2D eigenvalue weighted by molar-refractivity contribution is 7.45. The van der Waals surface area contributed by atoms with Crippen molar-refractivity contribution >= 4 is 13.7 Å². The van der Waals surface area contributed by atoms with Crippen LogP contribution >= 0.6 is 7.82 Å². The topological polar surface area (TPSA) is 108 Å². The number of nitrogens with one attached hydrogen (secondary N) is 1. The van der Waals surface area contributed by atoms with E-state index in [0.717, 1.165) is 44.9 Å². The molecule has 77 heavy (non-hydrogen) atoms. The number of amides is 1. The first-order valence-corrected chi connectivity index (χ1v) is 35.3. The maximum Gasteiger partial charge on any atom is 0.268 e. The Kier molecular flexibility index (Phi) is 58.4. The van der Waals surface area contributed by atoms with Gasteiger partial charge in [-0.2, -0.15) is 0 Å². The van der Waals surface area contributed by atoms with Crippen LogP contribution in [0.5, 0.6) is 0 Å². The molecule has 456 valence electrons. The number of quaternary nitrogens is 1. The van der Waals surface area contributed by atoms with Crippen molar-refractivity contribution < 1.29 is 32.9 Å². The maximum atomic E-state index is 13.0. The number of carbonyl (C=O) groups is 1. The molecule has 3 atom stereocenters. The van der Waals surface area contributed by atoms with Crippen molar-refractivity contribution in [3.05, 3.63) is 36.5 Å². The zero-order valence-corrected chi connectivity index (χ0v) is 53.1. The van der Waals surface area contributed by atoms with E-state index in [0.29, 0.717) is 17.4 Å². The number of hydrogen-bond donors (Lipinski definition) is 2. The molecule has 8 nitrogen and oxygen atoms in total. The Bertz CT molecular complexity index is 1350. The molecule has 0 aliphatic heterocycles. The minimum Gasteiger partial charge on any atom is -0.756 e. The lowest BCUT2D eigenvalue weighted by molar-refractivity contribution is -0.870. The van der Waals surface area contributed by atoms with Crippen molar-refractivity contribution in [2.24, 2.45) is 0 Å². The van der Waals surface area contributed by atoms with Crippen LogP contribution in [0.3, 0.4) is 0 Å². The van der Waals surface area contributed by atoms with Crippen LogP contribution in [0.1, 0.15) is 341 Å². The van der Waals surface area contributed by atoms with Gasteiger partial charge in [-0.15, -0.1) is 0 Å². The Morgan fingerprint density at radius 1 is 0.455 bits per heavy atom. The van der Waals surface area contributed by atoms with Gasteiger partial charge in [0.25, 0.3) is 7.82 Å². The number of carbonyl (C=O) groups excluding carboxylic acids is 1. The molecule has 0 aromatic heterocycles. The molecule has 2 N–H and O–H groups in total. The van der Waals surface area contributed by atoms with E-state index in [4.69, 9.17) is 9.05 Å². The molecule has 0 bridgehead atoms. The summed E-state index contributed by atoms with van der Waals surface area (Å²) in [5.41, 5.74) is 0. The van der Waals surface area contributed by atoms with Crippen LogP contribution in [0.15, 0.2) is 36.5 Å². The molecule has 0 aliphatic carbocycles. The summed E-state index contributed by atoms with van der Waals surface area (Å²) in [5.74, 6) is -0.191. The summed E-state index contributed by atoms with van der Waals surface area (Å²) in [7, 11) is 1.28. The summed E-state index contributed by atoms with van der Waals surface area (Å²) in [6.45, 7) is 4.67. The molecule has 0 aliphatic rings. The molecule has 0 aromatic carbocycles. The van der Waals surface area contributed by atoms with Crippen molar-refractivity contribution in [2.45, 2.75) is 353 Å². The van der Waals surface area contributed by atoms with Crippen molar-refractivity contribution in [2.75, 3.05) is 40.9 Å². The number of phosphoric acid groups is 1. The summed E-state index contributed by atoms with van der Waals surface area (Å²) in [6.07, 6.45) is 78.5. The predicted molar refractivity (Wildman–Crippen MR) is 335 cm³/mol. The second-order valence-corrected chi connectivity index (χ2v) is 25.9. The summed E-state index contributed by atoms with van der Waals surface area (Å²) >= 11 is 0. The average Bonchev–Trinajstić information content (AvgIpc) is 3.39. The van der Waals surface area contributed by atoms with Gasteiger partial charge in [-0.25, -0.2) is 0 Å². The average molecular weight is 1110 g/mol. The van der Waals surface area contributed by atoms with E-state index in [1.165, 1.54) is 276 Å². The highest BCUT2D eigenvalue weighted by Crippen LogP contribution is 2.38. The molecule has 9 heteroatoms. The van der Waals surface area contributed by atoms with Crippen LogP contribution in [-0.4, -0.2) is 68.5 Å². The number of likely N-dealkylation sites (N-methyl/N-ethyl adjacent to an activating group) is 1. The van der Waals surface area contributed by atoms with Crippen LogP contribution in [-0.2, 0) is 18.4 Å². The van der Waals surface area contributed by atoms with Crippen molar-refractivity contribution in [1.82, 2.24) is 5.32 Å². The zero-order chi connectivity index (χ0) is 56.3. The van der Waals surface area contributed by atoms with Gasteiger partial charge >= 0.3 is 0 Å². The minimum atomic E-state index is -4.59. The van der Waals surface area contributed by atoms with Crippen LogP contribution in [0, 0.1) is 0 Å². The largest absolute Gasteiger partial charge is 0.756 e. The molecular formula is C68H133N2O6P. The fourth-order valence-corrected chi connectivity index (χ4v) is 11.0. The lowest BCUT2D eigenvalue weighted by Crippen LogP contribution is -2.45. The van der Waals surface area contributed by atoms with E-state index in [1.807, 2.05) is 27.2 Å². The standard InChI is InChI=1S/C68H133N2O6P/c1-6-8-10-12-14-16-18-20-22-23-24-25-26-27-28-29-30-31-32-33-34-35-36-37-38-39-40-41-42-43-44-45-46-47-48-50-52-54-56-58-60-62-68(72)69-66(65-76-77(73,74)75-64-63-70(3,4)5)67(71)61-59-57-55-53-51-49-21-19-17-15-13-11-9-7-2/h18,20,23-24,59,61,66-67,71H,6-17,19,21-22,25-58,60,62-65H2,1-5H3,(H-,69,72,73,74)/b20-18-,24-23-,61-59+. The van der Waals surface area contributed by atoms with Crippen molar-refractivity contribution in [3.63, 3.8) is 0 Å². The smallest absolute Gasteiger partial charge is 0.268 e. The van der Waals surface area contributed by atoms with Crippen molar-refractivity contribution in [3.8, 4) is 0 Å². The Balaban J connectivity index is 3.83. The lowest BCUT2D eigenvalue weighted by Gasteiger charge is -2.29. The third kappa shape index (κ3) is 62.2. The van der Waals surface area contributed by atoms with Gasteiger partial charge in [-0.3, -0.25) is 9.36 Å². The molecule has 0 spiro atoms. The van der Waals surface area contributed by atoms with E-state index < -0.39 is 20.0 Å². The van der Waals surface area contributed by atoms with Crippen LogP contribution < -0.4 is 10.2 Å². The van der Waals surface area contributed by atoms with Gasteiger partial charge in [-0.1, -0.05) is 320 Å². The van der Waals surface area contributed by atoms with Gasteiger partial charge < -0.3 is 28.8 Å². The second kappa shape index (κ2) is 59.3. The number of allylic oxidation sites excluding steroid dienone is 5. The van der Waals surface area contributed by atoms with Crippen LogP contribution in [0.2, 0.25) is 0 Å². The third-order valence-electron chi connectivity index (χ3n) is 15.6. The van der Waals surface area contributed by atoms with E-state index in [1.54, 1.807) is 6.08 Å². The lowest BCUT2D eigenvalue weighted by atomic mass is 10.0. The van der Waals surface area contributed by atoms with Gasteiger partial charge in [0.1, 0.15) is 13.2 Å². The summed E-state index contributed by atoms with van der Waals surface area (Å²) < 4.78 is 23.4. The molecule has 0 heterocycles. The molecule has 0 saturated carbocycles. The fraction of sp³-hybridized carbons (Fsp3) is 0.897. The first-order chi connectivity index (χ1) is 37.5. The van der Waals surface area contributed by atoms with Gasteiger partial charge in [0.15, 0.2) is 0 Å². The van der Waals surface area contributed by atoms with E-state index in [2.05, 4.69) is 43.5 Å². The summed E-state index contributed by atoms with van der Waals surface area (Å²) in [5, 5.41) is 13.9. The first kappa shape index (κ1) is 75.7. The monoisotopic (exact) mass is 1100 g/mol. The Hall–Kier alpha value is -1.28. The molecule has 1 amide bonds. The number of unbranched alkanes of at least 4 members (excludes halogenated alkanes) is 46. The normalized spacial score (nSPS) is 13.9. The van der Waals surface area contributed by atoms with Gasteiger partial charge in [0.05, 0.1) is 39.9 Å². The first-order valence-electron chi connectivity index (χ1n) is 33.9. The Morgan fingerprint density at radius 2 is 0.753 bits per heavy atom. The van der Waals surface area contributed by atoms with Crippen LogP contribution in [0.4, 0.5) is 0 Å². The number of nitrogens with zero attached hydrogens (tertiary/aromatic N) is 1. The number of aliphatic hydroxyl groups excluding tert-OH is 1. The number of hydrogen-bond acceptors (Lipinski definition) is 6. The number of aliphatic hydroxyl groups is 1. The Labute approximate surface area is 480 Å². The highest BCUT2D eigenvalue weighted by Gasteiger charge is 2.23. The molecular weight excluding hydrogens is 972 g/mol. The molecule has 0 saturated heterocycles. The molecule has 0 fully saturated rings. The number of phosphoric ester groups is 1. The summed E-state index contributed by atoms with van der Waals surface area (Å²) in [6, 6.07) is -0.883. The second-order valence-electron chi connectivity index (χ2n) is 24.5. The Morgan fingerprint density at radius 3 is 1.08 bits per heavy atom. The molecule has 0 rings (SSSR count).